The highest BCUT2D eigenvalue weighted by atomic mass is 28.4. The Labute approximate surface area is 172 Å². The van der Waals surface area contributed by atoms with Crippen LogP contribution in [0.15, 0.2) is 23.3 Å². The molecule has 1 spiro atoms. The molecular weight excluding hydrogens is 360 g/mol. The third kappa shape index (κ3) is 2.38. The summed E-state index contributed by atoms with van der Waals surface area (Å²) in [6.07, 6.45) is 13.3. The van der Waals surface area contributed by atoms with Crippen molar-refractivity contribution in [2.75, 3.05) is 0 Å². The Kier molecular flexibility index (Phi) is 3.94. The number of carbonyl (C=O) groups excluding carboxylic acids is 1. The monoisotopic (exact) mass is 398 g/mol. The molecule has 2 bridgehead atoms. The van der Waals surface area contributed by atoms with Crippen molar-refractivity contribution in [2.24, 2.45) is 28.6 Å². The normalized spacial score (nSPS) is 44.7. The Morgan fingerprint density at radius 2 is 1.93 bits per heavy atom. The van der Waals surface area contributed by atoms with Gasteiger partial charge in [0.2, 0.25) is 0 Å². The van der Waals surface area contributed by atoms with Crippen molar-refractivity contribution in [3.8, 4) is 0 Å². The van der Waals surface area contributed by atoms with Gasteiger partial charge < -0.3 is 4.43 Å². The van der Waals surface area contributed by atoms with E-state index in [9.17, 15) is 4.79 Å². The summed E-state index contributed by atoms with van der Waals surface area (Å²) in [6, 6.07) is 0. The summed E-state index contributed by atoms with van der Waals surface area (Å²) in [7, 11) is -1.75. The van der Waals surface area contributed by atoms with Gasteiger partial charge in [-0.1, -0.05) is 44.9 Å². The first-order valence-corrected chi connectivity index (χ1v) is 14.5. The molecule has 6 aliphatic rings. The van der Waals surface area contributed by atoms with Crippen LogP contribution in [0.3, 0.4) is 0 Å². The van der Waals surface area contributed by atoms with Gasteiger partial charge in [-0.05, 0) is 85.9 Å². The first-order valence-electron chi connectivity index (χ1n) is 11.6. The molecule has 0 aromatic rings. The molecule has 4 saturated carbocycles. The molecule has 0 saturated heterocycles. The molecule has 6 rings (SSSR count). The van der Waals surface area contributed by atoms with Gasteiger partial charge in [0.25, 0.3) is 0 Å². The zero-order chi connectivity index (χ0) is 20.1. The summed E-state index contributed by atoms with van der Waals surface area (Å²) in [5.74, 6) is 2.59. The van der Waals surface area contributed by atoms with E-state index in [0.717, 1.165) is 24.7 Å². The maximum Gasteiger partial charge on any atom is 0.192 e. The Morgan fingerprint density at radius 1 is 1.18 bits per heavy atom. The smallest absolute Gasteiger partial charge is 0.192 e. The standard InChI is InChI=1S/C25H38O2Si/c1-23(2,3)28(5,6)27-22-8-7-19-18-13-16-15-25(12-9-17(26)14-21(16)25)20(18)10-11-24(19,22)4/h10,14,16,18-19,22H,7-9,11-13,15H2,1-6H3/t16-,18-,19-,22-,24-,25-/m0/s1. The zero-order valence-electron chi connectivity index (χ0n) is 18.7. The molecule has 0 aromatic carbocycles. The van der Waals surface area contributed by atoms with Crippen LogP contribution in [-0.4, -0.2) is 20.2 Å². The maximum absolute atomic E-state index is 12.0. The fraction of sp³-hybridized carbons (Fsp3) is 0.800. The molecule has 0 amide bonds. The van der Waals surface area contributed by atoms with Crippen molar-refractivity contribution >= 4 is 14.1 Å². The lowest BCUT2D eigenvalue weighted by molar-refractivity contribution is -0.117. The van der Waals surface area contributed by atoms with E-state index in [1.54, 1.807) is 5.57 Å². The second-order valence-corrected chi connectivity index (χ2v) is 17.1. The van der Waals surface area contributed by atoms with Gasteiger partial charge in [0.05, 0.1) is 6.10 Å². The van der Waals surface area contributed by atoms with Crippen LogP contribution in [0.2, 0.25) is 18.1 Å². The van der Waals surface area contributed by atoms with E-state index in [0.29, 0.717) is 28.6 Å². The molecule has 28 heavy (non-hydrogen) atoms. The van der Waals surface area contributed by atoms with Crippen LogP contribution >= 0.6 is 0 Å². The molecular formula is C25H38O2Si. The number of hydrogen-bond acceptors (Lipinski definition) is 2. The topological polar surface area (TPSA) is 26.3 Å². The van der Waals surface area contributed by atoms with Crippen molar-refractivity contribution in [1.29, 1.82) is 0 Å². The fourth-order valence-corrected chi connectivity index (χ4v) is 8.83. The minimum Gasteiger partial charge on any atom is -0.413 e. The predicted molar refractivity (Wildman–Crippen MR) is 117 cm³/mol. The summed E-state index contributed by atoms with van der Waals surface area (Å²) < 4.78 is 7.03. The van der Waals surface area contributed by atoms with Crippen molar-refractivity contribution in [2.45, 2.75) is 96.9 Å². The van der Waals surface area contributed by atoms with E-state index in [1.165, 1.54) is 37.7 Å². The third-order valence-corrected chi connectivity index (χ3v) is 14.5. The van der Waals surface area contributed by atoms with Crippen LogP contribution < -0.4 is 0 Å². The van der Waals surface area contributed by atoms with Gasteiger partial charge in [0, 0.05) is 11.8 Å². The molecule has 0 aliphatic heterocycles. The zero-order valence-corrected chi connectivity index (χ0v) is 19.7. The number of rotatable bonds is 2. The Balaban J connectivity index is 1.45. The quantitative estimate of drug-likeness (QED) is 0.395. The van der Waals surface area contributed by atoms with Gasteiger partial charge in [-0.2, -0.15) is 0 Å². The molecule has 0 heterocycles. The van der Waals surface area contributed by atoms with Crippen molar-refractivity contribution in [1.82, 2.24) is 0 Å². The fourth-order valence-electron chi connectivity index (χ4n) is 7.38. The molecule has 0 aromatic heterocycles. The number of hydrogen-bond donors (Lipinski definition) is 0. The van der Waals surface area contributed by atoms with Crippen molar-refractivity contribution < 1.29 is 9.22 Å². The highest BCUT2D eigenvalue weighted by molar-refractivity contribution is 6.74. The van der Waals surface area contributed by atoms with E-state index < -0.39 is 8.32 Å². The summed E-state index contributed by atoms with van der Waals surface area (Å²) in [4.78, 5) is 12.0. The average Bonchev–Trinajstić information content (AvgIpc) is 2.92. The summed E-state index contributed by atoms with van der Waals surface area (Å²) in [6.45, 7) is 14.4. The van der Waals surface area contributed by atoms with E-state index >= 15 is 0 Å². The molecule has 0 radical (unpaired) electrons. The highest BCUT2D eigenvalue weighted by Gasteiger charge is 2.64. The minimum absolute atomic E-state index is 0.275. The Morgan fingerprint density at radius 3 is 2.64 bits per heavy atom. The van der Waals surface area contributed by atoms with Gasteiger partial charge in [-0.25, -0.2) is 0 Å². The van der Waals surface area contributed by atoms with Crippen molar-refractivity contribution in [3.05, 3.63) is 23.3 Å². The molecule has 3 heteroatoms. The molecule has 154 valence electrons. The lowest BCUT2D eigenvalue weighted by atomic mass is 9.40. The summed E-state index contributed by atoms with van der Waals surface area (Å²) in [5, 5.41) is 0.275. The summed E-state index contributed by atoms with van der Waals surface area (Å²) in [5.41, 5.74) is 3.85. The first-order chi connectivity index (χ1) is 13.0. The highest BCUT2D eigenvalue weighted by Crippen LogP contribution is 2.72. The lowest BCUT2D eigenvalue weighted by Gasteiger charge is -2.64. The molecule has 4 fully saturated rings. The molecule has 0 N–H and O–H groups in total. The van der Waals surface area contributed by atoms with E-state index in [-0.39, 0.29) is 5.04 Å². The minimum atomic E-state index is -1.75. The van der Waals surface area contributed by atoms with Crippen LogP contribution in [0.4, 0.5) is 0 Å². The number of allylic oxidation sites excluding steroid dienone is 4. The largest absolute Gasteiger partial charge is 0.413 e. The van der Waals surface area contributed by atoms with Gasteiger partial charge in [-0.15, -0.1) is 0 Å². The van der Waals surface area contributed by atoms with Gasteiger partial charge >= 0.3 is 0 Å². The van der Waals surface area contributed by atoms with Crippen LogP contribution in [0.25, 0.3) is 0 Å². The second kappa shape index (κ2) is 5.72. The van der Waals surface area contributed by atoms with E-state index in [4.69, 9.17) is 4.43 Å². The van der Waals surface area contributed by atoms with Gasteiger partial charge in [-0.3, -0.25) is 4.79 Å². The van der Waals surface area contributed by atoms with E-state index in [2.05, 4.69) is 46.9 Å². The SMILES string of the molecule is CC(C)(C)[Si](C)(C)O[C@H]1CC[C@H]2[C@@H]3C[C@H]4C[C@@]5(CCC(=O)C=C45)C3=CC[C@]12C. The molecule has 0 unspecified atom stereocenters. The average molecular weight is 399 g/mol. The number of fused-ring (bicyclic) bond motifs is 1. The number of ketones is 1. The van der Waals surface area contributed by atoms with Crippen LogP contribution in [0, 0.1) is 28.6 Å². The molecule has 6 atom stereocenters. The second-order valence-electron chi connectivity index (χ2n) is 12.3. The van der Waals surface area contributed by atoms with Gasteiger partial charge in [0.15, 0.2) is 14.1 Å². The Hall–Kier alpha value is -0.673. The van der Waals surface area contributed by atoms with Crippen molar-refractivity contribution in [3.63, 3.8) is 0 Å². The predicted octanol–water partition coefficient (Wildman–Crippen LogP) is 6.44. The molecule has 2 nitrogen and oxygen atoms in total. The Bertz CT molecular complexity index is 785. The van der Waals surface area contributed by atoms with Crippen LogP contribution in [0.5, 0.6) is 0 Å². The van der Waals surface area contributed by atoms with E-state index in [1.807, 2.05) is 6.08 Å². The lowest BCUT2D eigenvalue weighted by Crippen LogP contribution is -2.56. The maximum atomic E-state index is 12.0. The van der Waals surface area contributed by atoms with Gasteiger partial charge in [0.1, 0.15) is 0 Å². The van der Waals surface area contributed by atoms with Crippen LogP contribution in [-0.2, 0) is 9.22 Å². The summed E-state index contributed by atoms with van der Waals surface area (Å²) >= 11 is 0. The third-order valence-electron chi connectivity index (χ3n) is 10.0. The number of carbonyl (C=O) groups is 1. The molecule has 6 aliphatic carbocycles. The first kappa shape index (κ1) is 19.3. The van der Waals surface area contributed by atoms with Crippen LogP contribution in [0.1, 0.15) is 72.6 Å².